The number of nitrogens with zero attached hydrogens (tertiary/aromatic N) is 2. The van der Waals surface area contributed by atoms with E-state index in [0.717, 1.165) is 12.8 Å². The van der Waals surface area contributed by atoms with Crippen LogP contribution in [-0.2, 0) is 35.1 Å². The first-order chi connectivity index (χ1) is 16.2. The van der Waals surface area contributed by atoms with Crippen LogP contribution >= 0.6 is 0 Å². The van der Waals surface area contributed by atoms with Crippen LogP contribution in [0.4, 0.5) is 0 Å². The van der Waals surface area contributed by atoms with Gasteiger partial charge in [0.05, 0.1) is 13.0 Å². The highest BCUT2D eigenvalue weighted by molar-refractivity contribution is 5.93. The van der Waals surface area contributed by atoms with Crippen LogP contribution in [0.5, 0.6) is 0 Å². The number of nitrogens with one attached hydrogen (secondary N) is 1. The number of hydrogen-bond donors (Lipinski definition) is 2. The fraction of sp³-hybridized carbons (Fsp3) is 0.609. The molecule has 188 valence electrons. The van der Waals surface area contributed by atoms with Gasteiger partial charge in [-0.05, 0) is 25.3 Å². The van der Waals surface area contributed by atoms with E-state index in [1.807, 2.05) is 26.8 Å². The molecule has 1 aromatic heterocycles. The van der Waals surface area contributed by atoms with E-state index in [4.69, 9.17) is 24.4 Å². The Kier molecular flexibility index (Phi) is 10.2. The number of allylic oxidation sites excluding steroid dienone is 1. The van der Waals surface area contributed by atoms with Crippen molar-refractivity contribution in [3.63, 3.8) is 0 Å². The topological polar surface area (TPSA) is 155 Å². The van der Waals surface area contributed by atoms with E-state index >= 15 is 0 Å². The lowest BCUT2D eigenvalue weighted by atomic mass is 10.1. The molecule has 0 radical (unpaired) electrons. The van der Waals surface area contributed by atoms with Crippen LogP contribution in [-0.4, -0.2) is 60.1 Å². The molecule has 11 heteroatoms. The van der Waals surface area contributed by atoms with Gasteiger partial charge in [-0.15, -0.1) is 0 Å². The number of unbranched alkanes of at least 4 members (excludes halogenated alkanes) is 1. The molecule has 11 nitrogen and oxygen atoms in total. The normalized spacial score (nSPS) is 19.4. The number of aromatic nitrogens is 1. The summed E-state index contributed by atoms with van der Waals surface area (Å²) in [7, 11) is 0. The van der Waals surface area contributed by atoms with Crippen molar-refractivity contribution in [3.8, 4) is 0 Å². The number of nitrogens with two attached hydrogens (primary N) is 1. The summed E-state index contributed by atoms with van der Waals surface area (Å²) in [4.78, 5) is 43.8. The Labute approximate surface area is 199 Å². The van der Waals surface area contributed by atoms with E-state index in [9.17, 15) is 14.4 Å². The number of carbonyl (C=O) groups excluding carboxylic acids is 3. The van der Waals surface area contributed by atoms with Gasteiger partial charge in [0.2, 0.25) is 17.7 Å². The summed E-state index contributed by atoms with van der Waals surface area (Å²) in [5.41, 5.74) is 5.54. The minimum Gasteiger partial charge on any atom is -0.474 e. The second kappa shape index (κ2) is 12.9. The second-order valence-corrected chi connectivity index (χ2v) is 8.68. The van der Waals surface area contributed by atoms with E-state index < -0.39 is 23.7 Å². The van der Waals surface area contributed by atoms with Crippen molar-refractivity contribution in [2.24, 2.45) is 16.6 Å². The predicted octanol–water partition coefficient (Wildman–Crippen LogP) is 1.64. The van der Waals surface area contributed by atoms with Gasteiger partial charge in [0, 0.05) is 0 Å². The van der Waals surface area contributed by atoms with Crippen molar-refractivity contribution >= 4 is 24.2 Å². The highest BCUT2D eigenvalue weighted by Gasteiger charge is 2.34. The van der Waals surface area contributed by atoms with Crippen molar-refractivity contribution in [2.75, 3.05) is 13.2 Å². The fourth-order valence-electron chi connectivity index (χ4n) is 2.94. The summed E-state index contributed by atoms with van der Waals surface area (Å²) in [6.07, 6.45) is 5.90. The zero-order chi connectivity index (χ0) is 25.1. The summed E-state index contributed by atoms with van der Waals surface area (Å²) in [6.45, 7) is 8.18. The van der Waals surface area contributed by atoms with Gasteiger partial charge in [0.15, 0.2) is 5.69 Å². The third-order valence-electron chi connectivity index (χ3n) is 5.01. The summed E-state index contributed by atoms with van der Waals surface area (Å²) in [5, 5.41) is 2.70. The number of amides is 1. The van der Waals surface area contributed by atoms with Crippen molar-refractivity contribution in [2.45, 2.75) is 71.2 Å². The van der Waals surface area contributed by atoms with Crippen molar-refractivity contribution in [1.29, 1.82) is 0 Å². The van der Waals surface area contributed by atoms with Crippen molar-refractivity contribution in [3.05, 3.63) is 30.0 Å². The smallest absolute Gasteiger partial charge is 0.323 e. The van der Waals surface area contributed by atoms with Gasteiger partial charge < -0.3 is 29.7 Å². The first kappa shape index (κ1) is 27.0. The molecule has 2 heterocycles. The largest absolute Gasteiger partial charge is 0.474 e. The maximum atomic E-state index is 12.5. The summed E-state index contributed by atoms with van der Waals surface area (Å²) in [6, 6.07) is -0.761. The molecule has 1 aliphatic rings. The second-order valence-electron chi connectivity index (χ2n) is 8.68. The monoisotopic (exact) mass is 478 g/mol. The molecule has 34 heavy (non-hydrogen) atoms. The van der Waals surface area contributed by atoms with E-state index in [0.29, 0.717) is 12.2 Å². The summed E-state index contributed by atoms with van der Waals surface area (Å²) < 4.78 is 21.2. The molecule has 3 atom stereocenters. The highest BCUT2D eigenvalue weighted by atomic mass is 16.5. The lowest BCUT2D eigenvalue weighted by molar-refractivity contribution is -0.150. The van der Waals surface area contributed by atoms with E-state index in [-0.39, 0.29) is 49.8 Å². The predicted molar refractivity (Wildman–Crippen MR) is 123 cm³/mol. The van der Waals surface area contributed by atoms with Gasteiger partial charge in [-0.1, -0.05) is 33.3 Å². The lowest BCUT2D eigenvalue weighted by Gasteiger charge is -2.19. The zero-order valence-electron chi connectivity index (χ0n) is 20.1. The average Bonchev–Trinajstić information content (AvgIpc) is 3.43. The molecule has 0 spiro atoms. The van der Waals surface area contributed by atoms with E-state index in [2.05, 4.69) is 15.3 Å². The van der Waals surface area contributed by atoms with Gasteiger partial charge in [-0.3, -0.25) is 14.4 Å². The zero-order valence-corrected chi connectivity index (χ0v) is 20.1. The minimum absolute atomic E-state index is 0.0302. The Balaban J connectivity index is 1.92. The molecular formula is C23H34N4O7. The number of aliphatic imine (C=N–C) groups is 1. The molecule has 1 aliphatic heterocycles. The Bertz CT molecular complexity index is 896. The molecule has 2 rings (SSSR count). The van der Waals surface area contributed by atoms with Gasteiger partial charge in [0.25, 0.3) is 6.47 Å². The number of esters is 1. The van der Waals surface area contributed by atoms with Crippen LogP contribution in [0.3, 0.4) is 0 Å². The molecule has 3 N–H and O–H groups in total. The molecule has 0 saturated carbocycles. The van der Waals surface area contributed by atoms with Gasteiger partial charge in [0.1, 0.15) is 37.2 Å². The fourth-order valence-corrected chi connectivity index (χ4v) is 2.94. The molecular weight excluding hydrogens is 444 g/mol. The number of oxazole rings is 1. The Hall–Kier alpha value is -3.21. The Morgan fingerprint density at radius 2 is 2.15 bits per heavy atom. The maximum absolute atomic E-state index is 12.5. The number of rotatable bonds is 14. The Morgan fingerprint density at radius 1 is 1.38 bits per heavy atom. The van der Waals surface area contributed by atoms with E-state index in [1.54, 1.807) is 13.0 Å². The average molecular weight is 479 g/mol. The minimum atomic E-state index is -0.761. The van der Waals surface area contributed by atoms with Crippen LogP contribution in [0.1, 0.15) is 58.5 Å². The molecule has 0 aromatic carbocycles. The van der Waals surface area contributed by atoms with Gasteiger partial charge >= 0.3 is 5.97 Å². The number of ether oxygens (including phenoxy) is 3. The van der Waals surface area contributed by atoms with Crippen LogP contribution in [0.2, 0.25) is 0 Å². The SMILES string of the molecule is CCC/C=C/[C@H](CC(=O)NCc1nc(C2=N[C@](C)(COC=O)CO2)co1)OC(=O)C(N)C(C)C. The van der Waals surface area contributed by atoms with Crippen LogP contribution in [0, 0.1) is 5.92 Å². The van der Waals surface area contributed by atoms with Crippen LogP contribution < -0.4 is 11.1 Å². The number of carbonyl (C=O) groups is 3. The molecule has 1 aromatic rings. The van der Waals surface area contributed by atoms with Crippen LogP contribution in [0.25, 0.3) is 0 Å². The molecule has 0 bridgehead atoms. The van der Waals surface area contributed by atoms with Crippen molar-refractivity contribution in [1.82, 2.24) is 10.3 Å². The van der Waals surface area contributed by atoms with Gasteiger partial charge in [-0.25, -0.2) is 9.98 Å². The van der Waals surface area contributed by atoms with Crippen LogP contribution in [0.15, 0.2) is 27.8 Å². The lowest BCUT2D eigenvalue weighted by Crippen LogP contribution is -2.39. The Morgan fingerprint density at radius 3 is 2.82 bits per heavy atom. The third-order valence-corrected chi connectivity index (χ3v) is 5.01. The standard InChI is InChI=1S/C23H34N4O7/c1-5-6-7-8-16(34-22(30)20(24)15(2)3)9-18(29)25-10-19-26-17(11-32-19)21-27-23(4,13-33-21)12-31-14-28/h7-8,11,14-16,20H,5-6,9-10,12-13,24H2,1-4H3,(H,25,29)/b8-7+/t16-,20?,23-/m1/s1. The van der Waals surface area contributed by atoms with Gasteiger partial charge in [-0.2, -0.15) is 0 Å². The quantitative estimate of drug-likeness (QED) is 0.230. The van der Waals surface area contributed by atoms with Crippen molar-refractivity contribution < 1.29 is 33.0 Å². The number of hydrogen-bond acceptors (Lipinski definition) is 10. The molecule has 0 saturated heterocycles. The molecule has 0 aliphatic carbocycles. The van der Waals surface area contributed by atoms with E-state index in [1.165, 1.54) is 6.26 Å². The third kappa shape index (κ3) is 8.29. The summed E-state index contributed by atoms with van der Waals surface area (Å²) >= 11 is 0. The molecule has 0 fully saturated rings. The summed E-state index contributed by atoms with van der Waals surface area (Å²) in [5.74, 6) is -0.444. The molecule has 1 amide bonds. The maximum Gasteiger partial charge on any atom is 0.323 e. The first-order valence-corrected chi connectivity index (χ1v) is 11.3. The first-order valence-electron chi connectivity index (χ1n) is 11.3. The highest BCUT2D eigenvalue weighted by Crippen LogP contribution is 2.21. The molecule has 1 unspecified atom stereocenters.